The first-order chi connectivity index (χ1) is 17.7. The van der Waals surface area contributed by atoms with Crippen LogP contribution < -0.4 is 20.3 Å². The molecule has 1 aliphatic heterocycles. The molecule has 0 unspecified atom stereocenters. The lowest BCUT2D eigenvalue weighted by Crippen LogP contribution is -2.50. The van der Waals surface area contributed by atoms with Crippen molar-refractivity contribution in [2.24, 2.45) is 0 Å². The number of sulfonamides is 1. The van der Waals surface area contributed by atoms with E-state index in [1.54, 1.807) is 18.2 Å². The number of nitrogens with zero attached hydrogens (tertiary/aromatic N) is 1. The molecule has 0 bridgehead atoms. The van der Waals surface area contributed by atoms with Crippen molar-refractivity contribution >= 4 is 27.3 Å². The fourth-order valence-corrected chi connectivity index (χ4v) is 6.57. The Morgan fingerprint density at radius 1 is 1.11 bits per heavy atom. The molecule has 2 atom stereocenters. The lowest BCUT2D eigenvalue weighted by molar-refractivity contribution is 0.0822. The Labute approximate surface area is 220 Å². The second-order valence-corrected chi connectivity index (χ2v) is 12.3. The molecular formula is C28H40N4O4S. The molecule has 1 aliphatic carbocycles. The van der Waals surface area contributed by atoms with Crippen molar-refractivity contribution in [1.82, 2.24) is 10.6 Å². The molecule has 0 spiro atoms. The average molecular weight is 529 g/mol. The minimum absolute atomic E-state index is 0.108. The van der Waals surface area contributed by atoms with Crippen LogP contribution >= 0.6 is 0 Å². The molecule has 0 aromatic heterocycles. The van der Waals surface area contributed by atoms with Crippen LogP contribution in [-0.4, -0.2) is 62.5 Å². The highest BCUT2D eigenvalue weighted by Gasteiger charge is 2.40. The summed E-state index contributed by atoms with van der Waals surface area (Å²) < 4.78 is 26.9. The number of β-amino-alcohol motifs (C(OH)–C–C–N with tert-alkyl or cyclic N) is 1. The second kappa shape index (κ2) is 11.8. The predicted molar refractivity (Wildman–Crippen MR) is 149 cm³/mol. The first-order valence-electron chi connectivity index (χ1n) is 13.4. The third-order valence-electron chi connectivity index (χ3n) is 7.49. The van der Waals surface area contributed by atoms with Crippen LogP contribution in [0.2, 0.25) is 0 Å². The minimum Gasteiger partial charge on any atom is -0.390 e. The molecule has 1 amide bonds. The molecule has 2 aromatic rings. The Balaban J connectivity index is 1.57. The number of aliphatic hydroxyl groups excluding tert-OH is 1. The van der Waals surface area contributed by atoms with E-state index in [0.717, 1.165) is 31.2 Å². The molecule has 1 saturated carbocycles. The maximum atomic E-state index is 13.5. The van der Waals surface area contributed by atoms with E-state index in [-0.39, 0.29) is 17.2 Å². The van der Waals surface area contributed by atoms with Gasteiger partial charge in [-0.3, -0.25) is 9.10 Å². The maximum absolute atomic E-state index is 13.5. The van der Waals surface area contributed by atoms with Gasteiger partial charge in [-0.25, -0.2) is 8.42 Å². The highest BCUT2D eigenvalue weighted by Crippen LogP contribution is 2.38. The van der Waals surface area contributed by atoms with Crippen LogP contribution in [-0.2, 0) is 16.4 Å². The average Bonchev–Trinajstić information content (AvgIpc) is 3.67. The third kappa shape index (κ3) is 7.03. The molecule has 0 radical (unpaired) electrons. The molecule has 2 fully saturated rings. The normalized spacial score (nSPS) is 19.6. The van der Waals surface area contributed by atoms with Gasteiger partial charge < -0.3 is 21.1 Å². The van der Waals surface area contributed by atoms with Crippen molar-refractivity contribution in [1.29, 1.82) is 0 Å². The van der Waals surface area contributed by atoms with Crippen molar-refractivity contribution in [3.05, 3.63) is 59.7 Å². The summed E-state index contributed by atoms with van der Waals surface area (Å²) in [6, 6.07) is 14.4. The van der Waals surface area contributed by atoms with E-state index in [1.807, 2.05) is 37.3 Å². The number of aliphatic hydroxyl groups is 1. The van der Waals surface area contributed by atoms with Gasteiger partial charge >= 0.3 is 0 Å². The van der Waals surface area contributed by atoms with E-state index < -0.39 is 22.2 Å². The van der Waals surface area contributed by atoms with E-state index >= 15 is 0 Å². The Kier molecular flexibility index (Phi) is 8.77. The number of rotatable bonds is 12. The van der Waals surface area contributed by atoms with Gasteiger partial charge in [0.15, 0.2) is 0 Å². The van der Waals surface area contributed by atoms with Crippen LogP contribution in [0.15, 0.2) is 48.5 Å². The van der Waals surface area contributed by atoms with Gasteiger partial charge in [0.25, 0.3) is 5.91 Å². The lowest BCUT2D eigenvalue weighted by atomic mass is 9.99. The third-order valence-corrected chi connectivity index (χ3v) is 9.36. The fraction of sp³-hybridized carbons (Fsp3) is 0.536. The Morgan fingerprint density at radius 3 is 2.51 bits per heavy atom. The van der Waals surface area contributed by atoms with Crippen molar-refractivity contribution in [3.8, 4) is 0 Å². The van der Waals surface area contributed by atoms with Gasteiger partial charge in [0.1, 0.15) is 0 Å². The molecule has 9 heteroatoms. The summed E-state index contributed by atoms with van der Waals surface area (Å²) in [5, 5.41) is 20.9. The molecule has 37 heavy (non-hydrogen) atoms. The fourth-order valence-electron chi connectivity index (χ4n) is 4.94. The summed E-state index contributed by atoms with van der Waals surface area (Å²) >= 11 is 0. The number of carbonyl (C=O) groups is 1. The topological polar surface area (TPSA) is 111 Å². The molecule has 8 nitrogen and oxygen atoms in total. The molecule has 4 rings (SSSR count). The molecule has 4 N–H and O–H groups in total. The Morgan fingerprint density at radius 2 is 1.86 bits per heavy atom. The van der Waals surface area contributed by atoms with Crippen molar-refractivity contribution in [2.75, 3.05) is 35.0 Å². The number of anilines is 2. The molecule has 1 heterocycles. The number of benzene rings is 2. The predicted octanol–water partition coefficient (Wildman–Crippen LogP) is 3.28. The van der Waals surface area contributed by atoms with Crippen LogP contribution in [0.4, 0.5) is 11.4 Å². The van der Waals surface area contributed by atoms with E-state index in [1.165, 1.54) is 4.31 Å². The van der Waals surface area contributed by atoms with Crippen molar-refractivity contribution in [3.63, 3.8) is 0 Å². The SMILES string of the molecule is CCNc1cc(C(=O)N[C@@H](Cc2ccccc2)[C@H](O)CNC2(CC)CC2)cc(N2CCCCS2(=O)=O)c1. The molecule has 2 aromatic carbocycles. The zero-order valence-corrected chi connectivity index (χ0v) is 22.7. The van der Waals surface area contributed by atoms with Gasteiger partial charge in [-0.05, 0) is 69.2 Å². The second-order valence-electron chi connectivity index (χ2n) is 10.2. The van der Waals surface area contributed by atoms with Crippen LogP contribution in [0.5, 0.6) is 0 Å². The Hall–Kier alpha value is -2.62. The number of carbonyl (C=O) groups excluding carboxylic acids is 1. The van der Waals surface area contributed by atoms with Crippen LogP contribution in [0.3, 0.4) is 0 Å². The maximum Gasteiger partial charge on any atom is 0.251 e. The standard InChI is InChI=1S/C28H40N4O4S/c1-3-28(12-13-28)30-20-26(33)25(16-21-10-6-5-7-11-21)31-27(34)22-17-23(29-4-2)19-24(18-22)32-14-8-9-15-37(32,35)36/h5-7,10-11,17-19,25-26,29-30,33H,3-4,8-9,12-16,20H2,1-2H3,(H,31,34)/t25-,26+/m0/s1. The summed E-state index contributed by atoms with van der Waals surface area (Å²) in [4.78, 5) is 13.5. The van der Waals surface area contributed by atoms with E-state index in [2.05, 4.69) is 22.9 Å². The van der Waals surface area contributed by atoms with Crippen LogP contribution in [0.25, 0.3) is 0 Å². The quantitative estimate of drug-likeness (QED) is 0.337. The summed E-state index contributed by atoms with van der Waals surface area (Å²) in [7, 11) is -3.42. The van der Waals surface area contributed by atoms with Crippen molar-refractivity contribution in [2.45, 2.75) is 70.1 Å². The molecule has 202 valence electrons. The van der Waals surface area contributed by atoms with Gasteiger partial charge in [0.05, 0.1) is 23.6 Å². The van der Waals surface area contributed by atoms with E-state index in [4.69, 9.17) is 0 Å². The Bertz CT molecular complexity index is 1170. The summed E-state index contributed by atoms with van der Waals surface area (Å²) in [6.07, 6.45) is 4.34. The van der Waals surface area contributed by atoms with E-state index in [9.17, 15) is 18.3 Å². The summed E-state index contributed by atoms with van der Waals surface area (Å²) in [6.45, 7) is 5.52. The van der Waals surface area contributed by atoms with Crippen LogP contribution in [0.1, 0.15) is 61.9 Å². The number of hydrogen-bond acceptors (Lipinski definition) is 6. The number of nitrogens with one attached hydrogen (secondary N) is 3. The molecule has 2 aliphatic rings. The lowest BCUT2D eigenvalue weighted by Gasteiger charge is -2.29. The number of amides is 1. The van der Waals surface area contributed by atoms with E-state index in [0.29, 0.717) is 49.4 Å². The molecule has 1 saturated heterocycles. The smallest absolute Gasteiger partial charge is 0.251 e. The highest BCUT2D eigenvalue weighted by atomic mass is 32.2. The zero-order valence-electron chi connectivity index (χ0n) is 21.9. The van der Waals surface area contributed by atoms with Crippen molar-refractivity contribution < 1.29 is 18.3 Å². The largest absolute Gasteiger partial charge is 0.390 e. The van der Waals surface area contributed by atoms with Gasteiger partial charge in [0, 0.05) is 36.4 Å². The minimum atomic E-state index is -3.42. The highest BCUT2D eigenvalue weighted by molar-refractivity contribution is 7.92. The first-order valence-corrected chi connectivity index (χ1v) is 15.0. The van der Waals surface area contributed by atoms with Crippen LogP contribution in [0, 0.1) is 0 Å². The zero-order chi connectivity index (χ0) is 26.5. The number of hydrogen-bond donors (Lipinski definition) is 4. The van der Waals surface area contributed by atoms with Gasteiger partial charge in [-0.2, -0.15) is 0 Å². The molecular weight excluding hydrogens is 488 g/mol. The summed E-state index contributed by atoms with van der Waals surface area (Å²) in [5.74, 6) is -0.232. The summed E-state index contributed by atoms with van der Waals surface area (Å²) in [5.41, 5.74) is 2.66. The van der Waals surface area contributed by atoms with Gasteiger partial charge in [-0.15, -0.1) is 0 Å². The first kappa shape index (κ1) is 27.4. The van der Waals surface area contributed by atoms with Gasteiger partial charge in [0.2, 0.25) is 10.0 Å². The van der Waals surface area contributed by atoms with Gasteiger partial charge in [-0.1, -0.05) is 37.3 Å². The monoisotopic (exact) mass is 528 g/mol.